The number of hydrogen-bond donors (Lipinski definition) is 2. The highest BCUT2D eigenvalue weighted by Gasteiger charge is 2.16. The van der Waals surface area contributed by atoms with Gasteiger partial charge >= 0.3 is 0 Å². The first-order valence-electron chi connectivity index (χ1n) is 8.74. The number of sulfonamides is 1. The molecule has 0 radical (unpaired) electrons. The minimum Gasteiger partial charge on any atom is -0.454 e. The second-order valence-corrected chi connectivity index (χ2v) is 8.55. The normalized spacial score (nSPS) is 13.6. The molecular weight excluding hydrogens is 380 g/mol. The van der Waals surface area contributed by atoms with Crippen LogP contribution in [-0.4, -0.2) is 46.6 Å². The van der Waals surface area contributed by atoms with Crippen molar-refractivity contribution in [1.82, 2.24) is 14.9 Å². The van der Waals surface area contributed by atoms with Crippen LogP contribution in [0.3, 0.4) is 0 Å². The third kappa shape index (κ3) is 4.55. The first-order valence-corrected chi connectivity index (χ1v) is 10.2. The van der Waals surface area contributed by atoms with Gasteiger partial charge in [0.1, 0.15) is 0 Å². The summed E-state index contributed by atoms with van der Waals surface area (Å²) in [4.78, 5) is 4.48. The Morgan fingerprint density at radius 1 is 1.00 bits per heavy atom. The van der Waals surface area contributed by atoms with Crippen LogP contribution in [0.5, 0.6) is 11.5 Å². The van der Waals surface area contributed by atoms with Crippen molar-refractivity contribution >= 4 is 16.0 Å². The molecule has 0 atom stereocenters. The number of ether oxygens (including phenoxy) is 2. The van der Waals surface area contributed by atoms with E-state index in [1.54, 1.807) is 31.3 Å². The van der Waals surface area contributed by atoms with E-state index >= 15 is 0 Å². The summed E-state index contributed by atoms with van der Waals surface area (Å²) in [6, 6.07) is 12.6. The number of nitrogens with zero attached hydrogens (tertiary/aromatic N) is 2. The molecule has 0 saturated carbocycles. The Kier molecular flexibility index (Phi) is 6.05. The van der Waals surface area contributed by atoms with Crippen LogP contribution >= 0.6 is 0 Å². The number of guanidine groups is 1. The maximum absolute atomic E-state index is 12.1. The van der Waals surface area contributed by atoms with Crippen LogP contribution in [0.1, 0.15) is 11.1 Å². The summed E-state index contributed by atoms with van der Waals surface area (Å²) < 4.78 is 36.1. The van der Waals surface area contributed by atoms with Gasteiger partial charge in [-0.15, -0.1) is 0 Å². The fourth-order valence-electron chi connectivity index (χ4n) is 2.63. The SMILES string of the molecule is CN=C(NCc1ccc(S(=O)(=O)N(C)C)cc1)NCc1ccc2c(c1)OCO2. The largest absolute Gasteiger partial charge is 0.454 e. The highest BCUT2D eigenvalue weighted by Crippen LogP contribution is 2.32. The lowest BCUT2D eigenvalue weighted by Gasteiger charge is -2.14. The van der Waals surface area contributed by atoms with Gasteiger partial charge in [-0.2, -0.15) is 0 Å². The summed E-state index contributed by atoms with van der Waals surface area (Å²) in [5, 5.41) is 6.45. The van der Waals surface area contributed by atoms with Gasteiger partial charge in [-0.1, -0.05) is 18.2 Å². The number of rotatable bonds is 6. The topological polar surface area (TPSA) is 92.3 Å². The van der Waals surface area contributed by atoms with Crippen molar-refractivity contribution in [3.05, 3.63) is 53.6 Å². The third-order valence-corrected chi connectivity index (χ3v) is 6.11. The maximum Gasteiger partial charge on any atom is 0.242 e. The van der Waals surface area contributed by atoms with Gasteiger partial charge in [-0.3, -0.25) is 4.99 Å². The van der Waals surface area contributed by atoms with Crippen LogP contribution in [0.2, 0.25) is 0 Å². The van der Waals surface area contributed by atoms with Gasteiger partial charge in [0.2, 0.25) is 16.8 Å². The lowest BCUT2D eigenvalue weighted by Crippen LogP contribution is -2.36. The van der Waals surface area contributed by atoms with E-state index in [0.29, 0.717) is 19.0 Å². The number of hydrogen-bond acceptors (Lipinski definition) is 5. The zero-order chi connectivity index (χ0) is 20.1. The highest BCUT2D eigenvalue weighted by atomic mass is 32.2. The van der Waals surface area contributed by atoms with Crippen molar-refractivity contribution in [1.29, 1.82) is 0 Å². The van der Waals surface area contributed by atoms with Gasteiger partial charge in [-0.05, 0) is 35.4 Å². The van der Waals surface area contributed by atoms with E-state index in [2.05, 4.69) is 15.6 Å². The first-order chi connectivity index (χ1) is 13.4. The molecule has 3 rings (SSSR count). The van der Waals surface area contributed by atoms with Gasteiger partial charge in [0.25, 0.3) is 0 Å². The summed E-state index contributed by atoms with van der Waals surface area (Å²) in [6.45, 7) is 1.35. The molecule has 150 valence electrons. The lowest BCUT2D eigenvalue weighted by molar-refractivity contribution is 0.174. The van der Waals surface area contributed by atoms with Gasteiger partial charge < -0.3 is 20.1 Å². The molecule has 28 heavy (non-hydrogen) atoms. The Labute approximate surface area is 165 Å². The molecule has 0 amide bonds. The molecule has 1 heterocycles. The van der Waals surface area contributed by atoms with Crippen LogP contribution in [0.25, 0.3) is 0 Å². The highest BCUT2D eigenvalue weighted by molar-refractivity contribution is 7.89. The summed E-state index contributed by atoms with van der Waals surface area (Å²) >= 11 is 0. The van der Waals surface area contributed by atoms with E-state index in [0.717, 1.165) is 22.6 Å². The smallest absolute Gasteiger partial charge is 0.242 e. The van der Waals surface area contributed by atoms with Crippen LogP contribution < -0.4 is 20.1 Å². The molecular formula is C19H24N4O4S. The maximum atomic E-state index is 12.1. The second kappa shape index (κ2) is 8.49. The molecule has 0 aromatic heterocycles. The van der Waals surface area contributed by atoms with Crippen LogP contribution in [0.4, 0.5) is 0 Å². The average molecular weight is 404 g/mol. The molecule has 0 unspecified atom stereocenters. The molecule has 0 bridgehead atoms. The van der Waals surface area contributed by atoms with E-state index in [1.165, 1.54) is 18.4 Å². The van der Waals surface area contributed by atoms with Crippen molar-refractivity contribution in [2.45, 2.75) is 18.0 Å². The van der Waals surface area contributed by atoms with E-state index < -0.39 is 10.0 Å². The zero-order valence-electron chi connectivity index (χ0n) is 16.1. The number of benzene rings is 2. The van der Waals surface area contributed by atoms with Crippen molar-refractivity contribution in [3.8, 4) is 11.5 Å². The Bertz CT molecular complexity index is 956. The van der Waals surface area contributed by atoms with Gasteiger partial charge in [0.15, 0.2) is 17.5 Å². The average Bonchev–Trinajstić information content (AvgIpc) is 3.16. The Morgan fingerprint density at radius 2 is 1.61 bits per heavy atom. The zero-order valence-corrected chi connectivity index (χ0v) is 16.9. The molecule has 2 aromatic rings. The van der Waals surface area contributed by atoms with Crippen LogP contribution in [-0.2, 0) is 23.1 Å². The standard InChI is InChI=1S/C19H24N4O4S/c1-20-19(22-12-15-6-9-17-18(10-15)27-13-26-17)21-11-14-4-7-16(8-5-14)28(24,25)23(2)3/h4-10H,11-13H2,1-3H3,(H2,20,21,22). The fourth-order valence-corrected chi connectivity index (χ4v) is 3.53. The molecule has 0 saturated heterocycles. The quantitative estimate of drug-likeness (QED) is 0.560. The predicted molar refractivity (Wildman–Crippen MR) is 107 cm³/mol. The molecule has 0 fully saturated rings. The first kappa shape index (κ1) is 20.0. The monoisotopic (exact) mass is 404 g/mol. The van der Waals surface area contributed by atoms with Crippen molar-refractivity contribution < 1.29 is 17.9 Å². The summed E-state index contributed by atoms with van der Waals surface area (Å²) in [6.07, 6.45) is 0. The summed E-state index contributed by atoms with van der Waals surface area (Å²) in [7, 11) is 1.31. The Morgan fingerprint density at radius 3 is 2.25 bits per heavy atom. The van der Waals surface area contributed by atoms with Crippen molar-refractivity contribution in [2.75, 3.05) is 27.9 Å². The number of nitrogens with one attached hydrogen (secondary N) is 2. The Hall–Kier alpha value is -2.78. The number of fused-ring (bicyclic) bond motifs is 1. The Balaban J connectivity index is 1.54. The summed E-state index contributed by atoms with van der Waals surface area (Å²) in [5.74, 6) is 2.14. The summed E-state index contributed by atoms with van der Waals surface area (Å²) in [5.41, 5.74) is 1.99. The van der Waals surface area contributed by atoms with Gasteiger partial charge in [0, 0.05) is 34.2 Å². The number of aliphatic imine (C=N–C) groups is 1. The lowest BCUT2D eigenvalue weighted by atomic mass is 10.2. The molecule has 8 nitrogen and oxygen atoms in total. The van der Waals surface area contributed by atoms with Crippen molar-refractivity contribution in [2.24, 2.45) is 4.99 Å². The third-order valence-electron chi connectivity index (χ3n) is 4.28. The van der Waals surface area contributed by atoms with Gasteiger partial charge in [-0.25, -0.2) is 12.7 Å². The second-order valence-electron chi connectivity index (χ2n) is 6.40. The van der Waals surface area contributed by atoms with E-state index in [-0.39, 0.29) is 11.7 Å². The van der Waals surface area contributed by atoms with Crippen LogP contribution in [0, 0.1) is 0 Å². The van der Waals surface area contributed by atoms with Gasteiger partial charge in [0.05, 0.1) is 4.90 Å². The minimum atomic E-state index is -3.42. The molecule has 1 aliphatic heterocycles. The van der Waals surface area contributed by atoms with E-state index in [1.807, 2.05) is 18.2 Å². The molecule has 2 N–H and O–H groups in total. The van der Waals surface area contributed by atoms with E-state index in [9.17, 15) is 8.42 Å². The molecule has 9 heteroatoms. The van der Waals surface area contributed by atoms with E-state index in [4.69, 9.17) is 9.47 Å². The van der Waals surface area contributed by atoms with Crippen LogP contribution in [0.15, 0.2) is 52.4 Å². The predicted octanol–water partition coefficient (Wildman–Crippen LogP) is 1.53. The molecule has 0 spiro atoms. The minimum absolute atomic E-state index is 0.254. The van der Waals surface area contributed by atoms with Crippen molar-refractivity contribution in [3.63, 3.8) is 0 Å². The molecule has 2 aromatic carbocycles. The fraction of sp³-hybridized carbons (Fsp3) is 0.316. The molecule has 0 aliphatic carbocycles. The molecule has 1 aliphatic rings.